The first-order valence-electron chi connectivity index (χ1n) is 5.39. The molecule has 0 spiro atoms. The van der Waals surface area contributed by atoms with E-state index in [0.717, 1.165) is 6.54 Å². The Labute approximate surface area is 90.7 Å². The molecule has 5 heteroatoms. The molecule has 5 nitrogen and oxygen atoms in total. The van der Waals surface area contributed by atoms with E-state index in [1.54, 1.807) is 11.9 Å². The summed E-state index contributed by atoms with van der Waals surface area (Å²) < 4.78 is 10.4. The van der Waals surface area contributed by atoms with Crippen LogP contribution in [0.15, 0.2) is 0 Å². The van der Waals surface area contributed by atoms with E-state index >= 15 is 0 Å². The van der Waals surface area contributed by atoms with Gasteiger partial charge in [0.2, 0.25) is 5.91 Å². The molecule has 0 aliphatic carbocycles. The lowest BCUT2D eigenvalue weighted by Crippen LogP contribution is -2.52. The minimum absolute atomic E-state index is 0.0782. The second kappa shape index (κ2) is 6.76. The molecule has 1 heterocycles. The van der Waals surface area contributed by atoms with Crippen LogP contribution in [-0.2, 0) is 14.3 Å². The number of nitrogens with one attached hydrogen (secondary N) is 1. The van der Waals surface area contributed by atoms with E-state index < -0.39 is 0 Å². The summed E-state index contributed by atoms with van der Waals surface area (Å²) in [7, 11) is 1.79. The molecule has 0 aromatic carbocycles. The molecular formula is C10H20N2O3. The zero-order valence-electron chi connectivity index (χ0n) is 9.49. The minimum atomic E-state index is -0.189. The molecular weight excluding hydrogens is 196 g/mol. The number of nitrogens with zero attached hydrogens (tertiary/aromatic N) is 1. The average Bonchev–Trinajstić information content (AvgIpc) is 2.29. The van der Waals surface area contributed by atoms with Crippen molar-refractivity contribution in [1.82, 2.24) is 10.2 Å². The number of carbonyl (C=O) groups excluding carboxylic acids is 1. The van der Waals surface area contributed by atoms with E-state index in [1.165, 1.54) is 0 Å². The van der Waals surface area contributed by atoms with Gasteiger partial charge in [-0.3, -0.25) is 4.79 Å². The molecule has 1 aliphatic heterocycles. The van der Waals surface area contributed by atoms with Crippen molar-refractivity contribution in [3.8, 4) is 0 Å². The van der Waals surface area contributed by atoms with Crippen LogP contribution in [0, 0.1) is 0 Å². The molecule has 1 fully saturated rings. The van der Waals surface area contributed by atoms with E-state index in [-0.39, 0.29) is 11.9 Å². The Hall–Kier alpha value is -0.650. The van der Waals surface area contributed by atoms with Crippen LogP contribution in [0.5, 0.6) is 0 Å². The quantitative estimate of drug-likeness (QED) is 0.628. The summed E-state index contributed by atoms with van der Waals surface area (Å²) in [5, 5.41) is 3.13. The van der Waals surface area contributed by atoms with Crippen LogP contribution < -0.4 is 5.32 Å². The SMILES string of the molecule is CCOCCN(C)C(=O)C1COCCN1. The molecule has 1 saturated heterocycles. The Bertz CT molecular complexity index is 193. The van der Waals surface area contributed by atoms with Gasteiger partial charge in [-0.05, 0) is 6.92 Å². The van der Waals surface area contributed by atoms with Gasteiger partial charge in [0.25, 0.3) is 0 Å². The van der Waals surface area contributed by atoms with Crippen molar-refractivity contribution < 1.29 is 14.3 Å². The summed E-state index contributed by atoms with van der Waals surface area (Å²) in [5.74, 6) is 0.0782. The van der Waals surface area contributed by atoms with Gasteiger partial charge in [-0.1, -0.05) is 0 Å². The molecule has 0 radical (unpaired) electrons. The Balaban J connectivity index is 2.24. The highest BCUT2D eigenvalue weighted by molar-refractivity contribution is 5.81. The number of hydrogen-bond donors (Lipinski definition) is 1. The number of hydrogen-bond acceptors (Lipinski definition) is 4. The first-order chi connectivity index (χ1) is 7.25. The van der Waals surface area contributed by atoms with Crippen molar-refractivity contribution in [2.75, 3.05) is 46.6 Å². The molecule has 1 atom stereocenters. The molecule has 1 unspecified atom stereocenters. The van der Waals surface area contributed by atoms with Crippen LogP contribution in [-0.4, -0.2) is 63.4 Å². The Kier molecular flexibility index (Phi) is 5.60. The van der Waals surface area contributed by atoms with Crippen LogP contribution >= 0.6 is 0 Å². The average molecular weight is 216 g/mol. The zero-order chi connectivity index (χ0) is 11.1. The minimum Gasteiger partial charge on any atom is -0.380 e. The zero-order valence-corrected chi connectivity index (χ0v) is 9.49. The first-order valence-corrected chi connectivity index (χ1v) is 5.39. The van der Waals surface area contributed by atoms with Crippen molar-refractivity contribution >= 4 is 5.91 Å². The molecule has 1 aliphatic rings. The van der Waals surface area contributed by atoms with Gasteiger partial charge < -0.3 is 19.7 Å². The number of morpholine rings is 1. The topological polar surface area (TPSA) is 50.8 Å². The van der Waals surface area contributed by atoms with Crippen LogP contribution in [0.2, 0.25) is 0 Å². The van der Waals surface area contributed by atoms with Gasteiger partial charge in [0.05, 0.1) is 19.8 Å². The number of amides is 1. The lowest BCUT2D eigenvalue weighted by Gasteiger charge is -2.27. The lowest BCUT2D eigenvalue weighted by molar-refractivity contribution is -0.135. The maximum Gasteiger partial charge on any atom is 0.241 e. The maximum atomic E-state index is 11.8. The van der Waals surface area contributed by atoms with E-state index in [2.05, 4.69) is 5.32 Å². The molecule has 1 amide bonds. The summed E-state index contributed by atoms with van der Waals surface area (Å²) in [5.41, 5.74) is 0. The van der Waals surface area contributed by atoms with Crippen molar-refractivity contribution in [2.24, 2.45) is 0 Å². The van der Waals surface area contributed by atoms with Gasteiger partial charge in [0, 0.05) is 26.7 Å². The first kappa shape index (κ1) is 12.4. The van der Waals surface area contributed by atoms with Crippen LogP contribution in [0.25, 0.3) is 0 Å². The van der Waals surface area contributed by atoms with E-state index in [4.69, 9.17) is 9.47 Å². The summed E-state index contributed by atoms with van der Waals surface area (Å²) in [6.45, 7) is 5.75. The largest absolute Gasteiger partial charge is 0.380 e. The molecule has 88 valence electrons. The Morgan fingerprint density at radius 3 is 3.07 bits per heavy atom. The third-order valence-electron chi connectivity index (χ3n) is 2.37. The fraction of sp³-hybridized carbons (Fsp3) is 0.900. The molecule has 0 aromatic heterocycles. The third-order valence-corrected chi connectivity index (χ3v) is 2.37. The summed E-state index contributed by atoms with van der Waals surface area (Å²) >= 11 is 0. The smallest absolute Gasteiger partial charge is 0.241 e. The fourth-order valence-corrected chi connectivity index (χ4v) is 1.45. The second-order valence-electron chi connectivity index (χ2n) is 3.54. The van der Waals surface area contributed by atoms with Crippen molar-refractivity contribution in [3.05, 3.63) is 0 Å². The standard InChI is InChI=1S/C10H20N2O3/c1-3-14-7-5-12(2)10(13)9-8-15-6-4-11-9/h9,11H,3-8H2,1-2H3. The Morgan fingerprint density at radius 1 is 1.67 bits per heavy atom. The highest BCUT2D eigenvalue weighted by atomic mass is 16.5. The van der Waals surface area contributed by atoms with Crippen LogP contribution in [0.4, 0.5) is 0 Å². The Morgan fingerprint density at radius 2 is 2.47 bits per heavy atom. The molecule has 1 N–H and O–H groups in total. The van der Waals surface area contributed by atoms with Gasteiger partial charge in [-0.2, -0.15) is 0 Å². The third kappa shape index (κ3) is 4.15. The van der Waals surface area contributed by atoms with Crippen LogP contribution in [0.3, 0.4) is 0 Å². The fourth-order valence-electron chi connectivity index (χ4n) is 1.45. The van der Waals surface area contributed by atoms with Crippen molar-refractivity contribution in [3.63, 3.8) is 0 Å². The summed E-state index contributed by atoms with van der Waals surface area (Å²) in [4.78, 5) is 13.5. The molecule has 0 bridgehead atoms. The van der Waals surface area contributed by atoms with Gasteiger partial charge in [0.15, 0.2) is 0 Å². The second-order valence-corrected chi connectivity index (χ2v) is 3.54. The van der Waals surface area contributed by atoms with Gasteiger partial charge in [-0.15, -0.1) is 0 Å². The van der Waals surface area contributed by atoms with Gasteiger partial charge in [-0.25, -0.2) is 0 Å². The van der Waals surface area contributed by atoms with E-state index in [0.29, 0.717) is 33.0 Å². The highest BCUT2D eigenvalue weighted by Crippen LogP contribution is 1.98. The van der Waals surface area contributed by atoms with Crippen molar-refractivity contribution in [2.45, 2.75) is 13.0 Å². The molecule has 0 aromatic rings. The van der Waals surface area contributed by atoms with Crippen molar-refractivity contribution in [1.29, 1.82) is 0 Å². The van der Waals surface area contributed by atoms with E-state index in [9.17, 15) is 4.79 Å². The summed E-state index contributed by atoms with van der Waals surface area (Å²) in [6.07, 6.45) is 0. The van der Waals surface area contributed by atoms with Gasteiger partial charge in [0.1, 0.15) is 6.04 Å². The van der Waals surface area contributed by atoms with Gasteiger partial charge >= 0.3 is 0 Å². The molecule has 15 heavy (non-hydrogen) atoms. The number of ether oxygens (including phenoxy) is 2. The maximum absolute atomic E-state index is 11.8. The number of rotatable bonds is 5. The molecule has 0 saturated carbocycles. The summed E-state index contributed by atoms with van der Waals surface area (Å²) in [6, 6.07) is -0.189. The van der Waals surface area contributed by atoms with E-state index in [1.807, 2.05) is 6.92 Å². The molecule has 1 rings (SSSR count). The van der Waals surface area contributed by atoms with Crippen LogP contribution in [0.1, 0.15) is 6.92 Å². The predicted molar refractivity (Wildman–Crippen MR) is 56.7 cm³/mol. The normalized spacial score (nSPS) is 21.3. The predicted octanol–water partition coefficient (Wildman–Crippen LogP) is -0.530. The number of likely N-dealkylation sites (N-methyl/N-ethyl adjacent to an activating group) is 1. The number of carbonyl (C=O) groups is 1. The highest BCUT2D eigenvalue weighted by Gasteiger charge is 2.23. The monoisotopic (exact) mass is 216 g/mol. The lowest BCUT2D eigenvalue weighted by atomic mass is 10.2.